The second kappa shape index (κ2) is 5.14. The fourth-order valence-corrected chi connectivity index (χ4v) is 1.50. The maximum Gasteiger partial charge on any atom is 0.170 e. The van der Waals surface area contributed by atoms with Gasteiger partial charge >= 0.3 is 0 Å². The summed E-state index contributed by atoms with van der Waals surface area (Å²) in [5.74, 6) is 0.769. The van der Waals surface area contributed by atoms with Gasteiger partial charge in [0.25, 0.3) is 0 Å². The molecule has 2 rings (SSSR count). The maximum atomic E-state index is 5.30. The number of nitrogens with zero attached hydrogens (tertiary/aromatic N) is 3. The van der Waals surface area contributed by atoms with Crippen LogP contribution in [0.1, 0.15) is 26.5 Å². The molecule has 0 aliphatic carbocycles. The van der Waals surface area contributed by atoms with Gasteiger partial charge in [-0.25, -0.2) is 0 Å². The molecular formula is C12H18N4O. The Morgan fingerprint density at radius 3 is 2.94 bits per heavy atom. The van der Waals surface area contributed by atoms with Gasteiger partial charge in [0, 0.05) is 31.4 Å². The number of aromatic nitrogens is 3. The first kappa shape index (κ1) is 11.9. The largest absolute Gasteiger partial charge is 0.356 e. The summed E-state index contributed by atoms with van der Waals surface area (Å²) in [6.45, 7) is 7.84. The lowest BCUT2D eigenvalue weighted by Gasteiger charge is -2.03. The Labute approximate surface area is 101 Å². The molecule has 92 valence electrons. The van der Waals surface area contributed by atoms with Crippen molar-refractivity contribution in [2.24, 2.45) is 0 Å². The second-order valence-corrected chi connectivity index (χ2v) is 4.30. The van der Waals surface area contributed by atoms with Crippen molar-refractivity contribution in [1.82, 2.24) is 20.3 Å². The molecular weight excluding hydrogens is 216 g/mol. The van der Waals surface area contributed by atoms with Gasteiger partial charge in [-0.3, -0.25) is 4.68 Å². The Morgan fingerprint density at radius 2 is 2.29 bits per heavy atom. The van der Waals surface area contributed by atoms with Gasteiger partial charge in [0.1, 0.15) is 0 Å². The molecule has 2 aromatic heterocycles. The lowest BCUT2D eigenvalue weighted by atomic mass is 10.2. The van der Waals surface area contributed by atoms with Crippen molar-refractivity contribution in [1.29, 1.82) is 0 Å². The van der Waals surface area contributed by atoms with Crippen LogP contribution >= 0.6 is 0 Å². The van der Waals surface area contributed by atoms with E-state index in [4.69, 9.17) is 4.52 Å². The molecule has 0 aromatic carbocycles. The molecule has 0 amide bonds. The third-order valence-corrected chi connectivity index (χ3v) is 2.49. The topological polar surface area (TPSA) is 55.9 Å². The van der Waals surface area contributed by atoms with Crippen LogP contribution in [0.4, 0.5) is 0 Å². The molecule has 0 radical (unpaired) electrons. The normalized spacial score (nSPS) is 11.3. The van der Waals surface area contributed by atoms with Gasteiger partial charge in [-0.2, -0.15) is 5.10 Å². The van der Waals surface area contributed by atoms with Crippen molar-refractivity contribution in [2.75, 3.05) is 0 Å². The predicted octanol–water partition coefficient (Wildman–Crippen LogP) is 2.06. The average molecular weight is 234 g/mol. The first-order chi connectivity index (χ1) is 8.19. The zero-order chi connectivity index (χ0) is 12.3. The molecule has 0 aliphatic heterocycles. The van der Waals surface area contributed by atoms with Gasteiger partial charge in [-0.1, -0.05) is 19.0 Å². The van der Waals surface area contributed by atoms with Crippen molar-refractivity contribution >= 4 is 0 Å². The zero-order valence-corrected chi connectivity index (χ0v) is 10.5. The van der Waals surface area contributed by atoms with Gasteiger partial charge in [0.15, 0.2) is 5.76 Å². The molecule has 2 aromatic rings. The quantitative estimate of drug-likeness (QED) is 0.860. The van der Waals surface area contributed by atoms with Crippen molar-refractivity contribution in [2.45, 2.75) is 39.9 Å². The van der Waals surface area contributed by atoms with E-state index in [1.165, 1.54) is 0 Å². The highest BCUT2D eigenvalue weighted by Gasteiger charge is 2.08. The van der Waals surface area contributed by atoms with Gasteiger partial charge in [-0.05, 0) is 6.92 Å². The summed E-state index contributed by atoms with van der Waals surface area (Å²) < 4.78 is 7.16. The lowest BCUT2D eigenvalue weighted by Crippen LogP contribution is -2.21. The van der Waals surface area contributed by atoms with Crippen molar-refractivity contribution in [3.63, 3.8) is 0 Å². The summed E-state index contributed by atoms with van der Waals surface area (Å²) in [4.78, 5) is 0. The molecule has 0 atom stereocenters. The Balaban J connectivity index is 2.07. The maximum absolute atomic E-state index is 5.30. The molecule has 0 unspecified atom stereocenters. The fraction of sp³-hybridized carbons (Fsp3) is 0.500. The number of rotatable bonds is 5. The SMILES string of the molecule is CCn1cc(-c2cc(CNC(C)C)no2)cn1. The van der Waals surface area contributed by atoms with Crippen molar-refractivity contribution in [3.05, 3.63) is 24.2 Å². The standard InChI is InChI=1S/C12H18N4O/c1-4-16-8-10(6-14-16)12-5-11(15-17-12)7-13-9(2)3/h5-6,8-9,13H,4,7H2,1-3H3. The molecule has 0 saturated carbocycles. The van der Waals surface area contributed by atoms with Crippen LogP contribution in [0.2, 0.25) is 0 Å². The molecule has 1 N–H and O–H groups in total. The van der Waals surface area contributed by atoms with E-state index in [0.717, 1.165) is 30.1 Å². The minimum atomic E-state index is 0.443. The van der Waals surface area contributed by atoms with E-state index in [-0.39, 0.29) is 0 Å². The summed E-state index contributed by atoms with van der Waals surface area (Å²) in [5.41, 5.74) is 1.88. The highest BCUT2D eigenvalue weighted by atomic mass is 16.5. The molecule has 2 heterocycles. The third kappa shape index (κ3) is 2.94. The van der Waals surface area contributed by atoms with Crippen LogP contribution < -0.4 is 5.32 Å². The number of nitrogens with one attached hydrogen (secondary N) is 1. The summed E-state index contributed by atoms with van der Waals surface area (Å²) in [6.07, 6.45) is 3.75. The summed E-state index contributed by atoms with van der Waals surface area (Å²) in [5, 5.41) is 11.5. The first-order valence-corrected chi connectivity index (χ1v) is 5.91. The monoisotopic (exact) mass is 234 g/mol. The van der Waals surface area contributed by atoms with Crippen LogP contribution in [-0.2, 0) is 13.1 Å². The Bertz CT molecular complexity index is 472. The molecule has 5 heteroatoms. The molecule has 17 heavy (non-hydrogen) atoms. The van der Waals surface area contributed by atoms with E-state index in [0.29, 0.717) is 6.04 Å². The van der Waals surface area contributed by atoms with E-state index in [9.17, 15) is 0 Å². The van der Waals surface area contributed by atoms with Crippen LogP contribution in [0.15, 0.2) is 23.0 Å². The van der Waals surface area contributed by atoms with E-state index in [2.05, 4.69) is 36.3 Å². The van der Waals surface area contributed by atoms with Crippen molar-refractivity contribution < 1.29 is 4.52 Å². The summed E-state index contributed by atoms with van der Waals surface area (Å²) in [7, 11) is 0. The van der Waals surface area contributed by atoms with Crippen LogP contribution in [0, 0.1) is 0 Å². The fourth-order valence-electron chi connectivity index (χ4n) is 1.50. The van der Waals surface area contributed by atoms with Gasteiger partial charge in [0.2, 0.25) is 0 Å². The Hall–Kier alpha value is -1.62. The van der Waals surface area contributed by atoms with Crippen molar-refractivity contribution in [3.8, 4) is 11.3 Å². The molecule has 0 aliphatic rings. The van der Waals surface area contributed by atoms with Gasteiger partial charge in [-0.15, -0.1) is 0 Å². The van der Waals surface area contributed by atoms with Gasteiger partial charge in [0.05, 0.1) is 17.5 Å². The summed E-state index contributed by atoms with van der Waals surface area (Å²) >= 11 is 0. The number of hydrogen-bond acceptors (Lipinski definition) is 4. The predicted molar refractivity (Wildman–Crippen MR) is 65.4 cm³/mol. The second-order valence-electron chi connectivity index (χ2n) is 4.30. The zero-order valence-electron chi connectivity index (χ0n) is 10.5. The van der Waals surface area contributed by atoms with E-state index in [1.54, 1.807) is 6.20 Å². The molecule has 0 bridgehead atoms. The van der Waals surface area contributed by atoms with Gasteiger partial charge < -0.3 is 9.84 Å². The lowest BCUT2D eigenvalue weighted by molar-refractivity contribution is 0.417. The molecule has 0 spiro atoms. The Morgan fingerprint density at radius 1 is 1.47 bits per heavy atom. The van der Waals surface area contributed by atoms with Crippen LogP contribution in [0.3, 0.4) is 0 Å². The number of aryl methyl sites for hydroxylation is 1. The smallest absolute Gasteiger partial charge is 0.170 e. The van der Waals surface area contributed by atoms with Crippen LogP contribution in [-0.4, -0.2) is 21.0 Å². The minimum absolute atomic E-state index is 0.443. The number of hydrogen-bond donors (Lipinski definition) is 1. The third-order valence-electron chi connectivity index (χ3n) is 2.49. The van der Waals surface area contributed by atoms with E-state index >= 15 is 0 Å². The molecule has 5 nitrogen and oxygen atoms in total. The Kier molecular flexibility index (Phi) is 3.58. The minimum Gasteiger partial charge on any atom is -0.356 e. The highest BCUT2D eigenvalue weighted by molar-refractivity contribution is 5.54. The van der Waals surface area contributed by atoms with E-state index in [1.807, 2.05) is 16.9 Å². The average Bonchev–Trinajstić information content (AvgIpc) is 2.94. The molecule has 0 fully saturated rings. The summed E-state index contributed by atoms with van der Waals surface area (Å²) in [6, 6.07) is 2.39. The van der Waals surface area contributed by atoms with Crippen LogP contribution in [0.25, 0.3) is 11.3 Å². The molecule has 0 saturated heterocycles. The first-order valence-electron chi connectivity index (χ1n) is 5.91. The highest BCUT2D eigenvalue weighted by Crippen LogP contribution is 2.19. The van der Waals surface area contributed by atoms with E-state index < -0.39 is 0 Å². The van der Waals surface area contributed by atoms with Crippen LogP contribution in [0.5, 0.6) is 0 Å².